The number of rotatable bonds is 5. The molecule has 0 saturated heterocycles. The number of anilines is 1. The van der Waals surface area contributed by atoms with Crippen molar-refractivity contribution in [3.05, 3.63) is 29.8 Å². The van der Waals surface area contributed by atoms with Crippen LogP contribution >= 0.6 is 34.9 Å². The van der Waals surface area contributed by atoms with Crippen LogP contribution in [0.5, 0.6) is 0 Å². The molecule has 0 aliphatic carbocycles. The average Bonchev–Trinajstić information content (AvgIpc) is 2.89. The zero-order valence-corrected chi connectivity index (χ0v) is 13.5. The predicted octanol–water partition coefficient (Wildman–Crippen LogP) is 3.66. The van der Waals surface area contributed by atoms with Gasteiger partial charge in [0.2, 0.25) is 5.91 Å². The van der Waals surface area contributed by atoms with E-state index >= 15 is 0 Å². The maximum absolute atomic E-state index is 13.5. The minimum Gasteiger partial charge on any atom is -0.323 e. The van der Waals surface area contributed by atoms with Crippen LogP contribution in [0.2, 0.25) is 0 Å². The molecule has 0 aliphatic heterocycles. The third-order valence-electron chi connectivity index (χ3n) is 2.40. The van der Waals surface area contributed by atoms with Gasteiger partial charge in [0, 0.05) is 6.07 Å². The van der Waals surface area contributed by atoms with Crippen molar-refractivity contribution < 1.29 is 13.6 Å². The van der Waals surface area contributed by atoms with E-state index in [1.54, 1.807) is 6.92 Å². The molecule has 0 fully saturated rings. The maximum Gasteiger partial charge on any atom is 0.237 e. The number of nitrogens with zero attached hydrogens (tertiary/aromatic N) is 2. The molecule has 0 aliphatic rings. The maximum atomic E-state index is 13.5. The average molecular weight is 347 g/mol. The Balaban J connectivity index is 1.99. The highest BCUT2D eigenvalue weighted by atomic mass is 32.2. The van der Waals surface area contributed by atoms with Gasteiger partial charge in [0.15, 0.2) is 8.68 Å². The van der Waals surface area contributed by atoms with E-state index in [0.29, 0.717) is 4.34 Å². The van der Waals surface area contributed by atoms with Gasteiger partial charge in [-0.1, -0.05) is 34.9 Å². The molecule has 21 heavy (non-hydrogen) atoms. The fourth-order valence-corrected chi connectivity index (χ4v) is 3.94. The lowest BCUT2D eigenvalue weighted by Crippen LogP contribution is -2.22. The third kappa shape index (κ3) is 4.39. The highest BCUT2D eigenvalue weighted by molar-refractivity contribution is 8.03. The van der Waals surface area contributed by atoms with Gasteiger partial charge in [0.1, 0.15) is 11.6 Å². The first-order valence-corrected chi connectivity index (χ1v) is 8.71. The van der Waals surface area contributed by atoms with E-state index in [-0.39, 0.29) is 11.6 Å². The van der Waals surface area contributed by atoms with Crippen LogP contribution in [0.1, 0.15) is 6.92 Å². The zero-order valence-electron chi connectivity index (χ0n) is 11.1. The van der Waals surface area contributed by atoms with Crippen molar-refractivity contribution in [2.75, 3.05) is 11.6 Å². The Kier molecular flexibility index (Phi) is 5.54. The molecule has 1 heterocycles. The molecule has 0 radical (unpaired) electrons. The largest absolute Gasteiger partial charge is 0.323 e. The fraction of sp³-hybridized carbons (Fsp3) is 0.250. The van der Waals surface area contributed by atoms with Gasteiger partial charge in [0.05, 0.1) is 10.9 Å². The molecule has 1 aromatic carbocycles. The molecule has 112 valence electrons. The van der Waals surface area contributed by atoms with Gasteiger partial charge in [-0.2, -0.15) is 0 Å². The molecule has 0 saturated carbocycles. The number of benzene rings is 1. The second kappa shape index (κ2) is 7.19. The van der Waals surface area contributed by atoms with Crippen molar-refractivity contribution in [3.8, 4) is 0 Å². The lowest BCUT2D eigenvalue weighted by atomic mass is 10.3. The Morgan fingerprint density at radius 2 is 2.05 bits per heavy atom. The minimum absolute atomic E-state index is 0.0454. The fourth-order valence-electron chi connectivity index (χ4n) is 1.36. The van der Waals surface area contributed by atoms with E-state index in [1.165, 1.54) is 40.9 Å². The zero-order chi connectivity index (χ0) is 15.4. The van der Waals surface area contributed by atoms with Gasteiger partial charge in [-0.05, 0) is 25.3 Å². The molecular formula is C12H11F2N3OS3. The number of nitrogens with one attached hydrogen (secondary N) is 1. The summed E-state index contributed by atoms with van der Waals surface area (Å²) in [5, 5.41) is 9.84. The normalized spacial score (nSPS) is 12.2. The summed E-state index contributed by atoms with van der Waals surface area (Å²) >= 11 is 4.11. The molecule has 2 rings (SSSR count). The quantitative estimate of drug-likeness (QED) is 0.837. The third-order valence-corrected chi connectivity index (χ3v) is 5.48. The Morgan fingerprint density at radius 3 is 2.67 bits per heavy atom. The molecule has 4 nitrogen and oxygen atoms in total. The summed E-state index contributed by atoms with van der Waals surface area (Å²) in [4.78, 5) is 12.0. The number of hydrogen-bond acceptors (Lipinski definition) is 6. The lowest BCUT2D eigenvalue weighted by molar-refractivity contribution is -0.115. The second-order valence-electron chi connectivity index (χ2n) is 3.91. The molecule has 0 spiro atoms. The van der Waals surface area contributed by atoms with Crippen molar-refractivity contribution in [3.63, 3.8) is 0 Å². The van der Waals surface area contributed by atoms with Crippen LogP contribution in [-0.2, 0) is 4.79 Å². The summed E-state index contributed by atoms with van der Waals surface area (Å²) in [6.45, 7) is 1.68. The van der Waals surface area contributed by atoms with Crippen LogP contribution in [0.4, 0.5) is 14.5 Å². The first-order valence-electron chi connectivity index (χ1n) is 5.79. The number of thioether (sulfide) groups is 2. The number of carbonyl (C=O) groups excluding carboxylic acids is 1. The molecule has 0 unspecified atom stereocenters. The van der Waals surface area contributed by atoms with E-state index < -0.39 is 16.9 Å². The van der Waals surface area contributed by atoms with Gasteiger partial charge in [-0.15, -0.1) is 10.2 Å². The van der Waals surface area contributed by atoms with Crippen molar-refractivity contribution in [1.29, 1.82) is 0 Å². The second-order valence-corrected chi connectivity index (χ2v) is 7.53. The summed E-state index contributed by atoms with van der Waals surface area (Å²) in [6.07, 6.45) is 1.89. The summed E-state index contributed by atoms with van der Waals surface area (Å²) in [5.74, 6) is -1.88. The molecule has 2 aromatic rings. The standard InChI is InChI=1S/C12H11F2N3OS3/c1-6(20-12-17-16-11(19-2)21-12)10(18)15-9-4-3-7(13)5-8(9)14/h3-6H,1-2H3,(H,15,18)/t6-/m0/s1. The molecule has 9 heteroatoms. The first-order chi connectivity index (χ1) is 9.99. The Labute approximate surface area is 132 Å². The van der Waals surface area contributed by atoms with Crippen molar-refractivity contribution in [2.45, 2.75) is 20.9 Å². The van der Waals surface area contributed by atoms with Crippen molar-refractivity contribution in [2.24, 2.45) is 0 Å². The molecular weight excluding hydrogens is 336 g/mol. The number of hydrogen-bond donors (Lipinski definition) is 1. The van der Waals surface area contributed by atoms with Crippen LogP contribution in [-0.4, -0.2) is 27.6 Å². The number of halogens is 2. The first kappa shape index (κ1) is 16.2. The van der Waals surface area contributed by atoms with Crippen LogP contribution in [0.3, 0.4) is 0 Å². The van der Waals surface area contributed by atoms with E-state index in [9.17, 15) is 13.6 Å². The van der Waals surface area contributed by atoms with Gasteiger partial charge in [0.25, 0.3) is 0 Å². The Morgan fingerprint density at radius 1 is 1.33 bits per heavy atom. The summed E-state index contributed by atoms with van der Waals surface area (Å²) in [5.41, 5.74) is -0.0454. The van der Waals surface area contributed by atoms with Crippen LogP contribution in [0.25, 0.3) is 0 Å². The van der Waals surface area contributed by atoms with Gasteiger partial charge in [-0.3, -0.25) is 4.79 Å². The summed E-state index contributed by atoms with van der Waals surface area (Å²) in [6, 6.07) is 3.01. The molecule has 1 N–H and O–H groups in total. The van der Waals surface area contributed by atoms with Gasteiger partial charge >= 0.3 is 0 Å². The molecule has 1 atom stereocenters. The SMILES string of the molecule is CSc1nnc(S[C@@H](C)C(=O)Nc2ccc(F)cc2F)s1. The number of amides is 1. The molecule has 0 bridgehead atoms. The van der Waals surface area contributed by atoms with Crippen LogP contribution in [0, 0.1) is 11.6 Å². The highest BCUT2D eigenvalue weighted by Crippen LogP contribution is 2.30. The summed E-state index contributed by atoms with van der Waals surface area (Å²) in [7, 11) is 0. The smallest absolute Gasteiger partial charge is 0.237 e. The topological polar surface area (TPSA) is 54.9 Å². The van der Waals surface area contributed by atoms with Crippen molar-refractivity contribution in [1.82, 2.24) is 10.2 Å². The van der Waals surface area contributed by atoms with E-state index in [1.807, 2.05) is 6.26 Å². The Bertz CT molecular complexity index is 650. The summed E-state index contributed by atoms with van der Waals surface area (Å²) < 4.78 is 27.7. The minimum atomic E-state index is -0.805. The predicted molar refractivity (Wildman–Crippen MR) is 82.0 cm³/mol. The monoisotopic (exact) mass is 347 g/mol. The van der Waals surface area contributed by atoms with E-state index in [0.717, 1.165) is 16.5 Å². The van der Waals surface area contributed by atoms with Crippen LogP contribution in [0.15, 0.2) is 26.9 Å². The van der Waals surface area contributed by atoms with Crippen molar-refractivity contribution >= 4 is 46.5 Å². The molecule has 1 amide bonds. The van der Waals surface area contributed by atoms with Gasteiger partial charge in [-0.25, -0.2) is 8.78 Å². The van der Waals surface area contributed by atoms with E-state index in [4.69, 9.17) is 0 Å². The lowest BCUT2D eigenvalue weighted by Gasteiger charge is -2.10. The molecule has 1 aromatic heterocycles. The van der Waals surface area contributed by atoms with Crippen LogP contribution < -0.4 is 5.32 Å². The highest BCUT2D eigenvalue weighted by Gasteiger charge is 2.18. The Hall–Kier alpha value is -1.19. The van der Waals surface area contributed by atoms with Gasteiger partial charge < -0.3 is 5.32 Å². The number of aromatic nitrogens is 2. The number of carbonyl (C=O) groups is 1. The van der Waals surface area contributed by atoms with E-state index in [2.05, 4.69) is 15.5 Å².